The normalized spacial score (nSPS) is 22.2. The Morgan fingerprint density at radius 3 is 2.00 bits per heavy atom. The first-order valence-corrected chi connectivity index (χ1v) is 8.35. The summed E-state index contributed by atoms with van der Waals surface area (Å²) < 4.78 is 0. The first-order chi connectivity index (χ1) is 9.60. The number of piperidine rings is 1. The van der Waals surface area contributed by atoms with Crippen LogP contribution in [0.5, 0.6) is 0 Å². The molecule has 1 saturated carbocycles. The molecule has 2 fully saturated rings. The van der Waals surface area contributed by atoms with Gasteiger partial charge in [0.15, 0.2) is 0 Å². The van der Waals surface area contributed by atoms with Gasteiger partial charge in [0.05, 0.1) is 15.7 Å². The lowest BCUT2D eigenvalue weighted by Crippen LogP contribution is -2.41. The molecule has 0 atom stereocenters. The van der Waals surface area contributed by atoms with Crippen LogP contribution in [0.1, 0.15) is 44.9 Å². The molecular formula is C16H22Cl2N2. The fraction of sp³-hybridized carbons (Fsp3) is 0.625. The molecule has 1 saturated heterocycles. The molecule has 0 unspecified atom stereocenters. The van der Waals surface area contributed by atoms with Crippen molar-refractivity contribution >= 4 is 34.6 Å². The van der Waals surface area contributed by atoms with Gasteiger partial charge in [0.25, 0.3) is 0 Å². The first-order valence-electron chi connectivity index (χ1n) is 7.59. The van der Waals surface area contributed by atoms with Crippen molar-refractivity contribution in [3.05, 3.63) is 22.2 Å². The van der Waals surface area contributed by atoms with E-state index >= 15 is 0 Å². The summed E-state index contributed by atoms with van der Waals surface area (Å²) in [6.45, 7) is 2.12. The number of hydrogen-bond acceptors (Lipinski definition) is 2. The lowest BCUT2D eigenvalue weighted by atomic mass is 9.68. The molecule has 1 aromatic rings. The summed E-state index contributed by atoms with van der Waals surface area (Å²) in [5.41, 5.74) is 7.98. The standard InChI is InChI=1S/C16H22Cl2N2/c17-13-10-12(19)11-14(18)15(13)20-8-6-16(7-9-20)4-2-1-3-5-16/h10-11H,1-9,19H2. The van der Waals surface area contributed by atoms with Crippen LogP contribution in [0, 0.1) is 5.41 Å². The maximum absolute atomic E-state index is 6.34. The summed E-state index contributed by atoms with van der Waals surface area (Å²) in [5, 5.41) is 1.35. The van der Waals surface area contributed by atoms with Crippen molar-refractivity contribution < 1.29 is 0 Å². The second kappa shape index (κ2) is 5.65. The SMILES string of the molecule is Nc1cc(Cl)c(N2CCC3(CCCCC3)CC2)c(Cl)c1. The number of nitrogen functional groups attached to an aromatic ring is 1. The van der Waals surface area contributed by atoms with Gasteiger partial charge in [0.2, 0.25) is 0 Å². The molecule has 1 aliphatic heterocycles. The lowest BCUT2D eigenvalue weighted by Gasteiger charge is -2.45. The summed E-state index contributed by atoms with van der Waals surface area (Å²) in [4.78, 5) is 2.34. The van der Waals surface area contributed by atoms with Crippen molar-refractivity contribution in [3.8, 4) is 0 Å². The Labute approximate surface area is 131 Å². The van der Waals surface area contributed by atoms with Crippen LogP contribution >= 0.6 is 23.2 Å². The van der Waals surface area contributed by atoms with E-state index in [0.717, 1.165) is 18.8 Å². The number of nitrogens with zero attached hydrogens (tertiary/aromatic N) is 1. The van der Waals surface area contributed by atoms with E-state index in [1.54, 1.807) is 12.1 Å². The Balaban J connectivity index is 1.75. The van der Waals surface area contributed by atoms with E-state index in [1.807, 2.05) is 0 Å². The molecule has 1 aromatic carbocycles. The molecule has 3 rings (SSSR count). The molecule has 0 radical (unpaired) electrons. The van der Waals surface area contributed by atoms with Crippen molar-refractivity contribution in [2.75, 3.05) is 23.7 Å². The van der Waals surface area contributed by atoms with Crippen LogP contribution < -0.4 is 10.6 Å². The Morgan fingerprint density at radius 2 is 1.45 bits per heavy atom. The van der Waals surface area contributed by atoms with Crippen LogP contribution in [0.4, 0.5) is 11.4 Å². The van der Waals surface area contributed by atoms with Gasteiger partial charge >= 0.3 is 0 Å². The number of benzene rings is 1. The molecule has 0 bridgehead atoms. The maximum atomic E-state index is 6.34. The van der Waals surface area contributed by atoms with Gasteiger partial charge < -0.3 is 10.6 Å². The Morgan fingerprint density at radius 1 is 0.900 bits per heavy atom. The Kier molecular flexibility index (Phi) is 4.05. The highest BCUT2D eigenvalue weighted by Crippen LogP contribution is 2.46. The van der Waals surface area contributed by atoms with E-state index in [9.17, 15) is 0 Å². The minimum Gasteiger partial charge on any atom is -0.399 e. The van der Waals surface area contributed by atoms with E-state index in [0.29, 0.717) is 21.1 Å². The first kappa shape index (κ1) is 14.3. The van der Waals surface area contributed by atoms with Gasteiger partial charge in [-0.1, -0.05) is 42.5 Å². The largest absolute Gasteiger partial charge is 0.399 e. The third kappa shape index (κ3) is 2.73. The zero-order valence-electron chi connectivity index (χ0n) is 11.8. The number of nitrogens with two attached hydrogens (primary N) is 1. The van der Waals surface area contributed by atoms with Gasteiger partial charge in [-0.15, -0.1) is 0 Å². The third-order valence-corrected chi connectivity index (χ3v) is 5.67. The Bertz CT molecular complexity index is 462. The molecule has 1 heterocycles. The van der Waals surface area contributed by atoms with E-state index in [2.05, 4.69) is 4.90 Å². The summed E-state index contributed by atoms with van der Waals surface area (Å²) in [6.07, 6.45) is 9.58. The third-order valence-electron chi connectivity index (χ3n) is 5.09. The van der Waals surface area contributed by atoms with Crippen LogP contribution in [0.15, 0.2) is 12.1 Å². The van der Waals surface area contributed by atoms with E-state index in [4.69, 9.17) is 28.9 Å². The molecule has 2 aliphatic rings. The summed E-state index contributed by atoms with van der Waals surface area (Å²) in [6, 6.07) is 3.60. The van der Waals surface area contributed by atoms with Crippen molar-refractivity contribution in [2.45, 2.75) is 44.9 Å². The van der Waals surface area contributed by atoms with Crippen molar-refractivity contribution in [2.24, 2.45) is 5.41 Å². The highest BCUT2D eigenvalue weighted by molar-refractivity contribution is 6.39. The highest BCUT2D eigenvalue weighted by Gasteiger charge is 2.36. The Hall–Kier alpha value is -0.600. The zero-order valence-corrected chi connectivity index (χ0v) is 13.3. The second-order valence-electron chi connectivity index (χ2n) is 6.38. The zero-order chi connectivity index (χ0) is 14.2. The molecular weight excluding hydrogens is 291 g/mol. The van der Waals surface area contributed by atoms with E-state index in [1.165, 1.54) is 44.9 Å². The maximum Gasteiger partial charge on any atom is 0.0746 e. The van der Waals surface area contributed by atoms with E-state index < -0.39 is 0 Å². The van der Waals surface area contributed by atoms with Gasteiger partial charge in [-0.05, 0) is 43.2 Å². The van der Waals surface area contributed by atoms with Crippen molar-refractivity contribution in [1.82, 2.24) is 0 Å². The lowest BCUT2D eigenvalue weighted by molar-refractivity contribution is 0.144. The van der Waals surface area contributed by atoms with Crippen LogP contribution in [-0.2, 0) is 0 Å². The topological polar surface area (TPSA) is 29.3 Å². The van der Waals surface area contributed by atoms with Crippen LogP contribution in [0.2, 0.25) is 10.0 Å². The highest BCUT2D eigenvalue weighted by atomic mass is 35.5. The molecule has 2 nitrogen and oxygen atoms in total. The molecule has 0 amide bonds. The molecule has 1 aliphatic carbocycles. The monoisotopic (exact) mass is 312 g/mol. The van der Waals surface area contributed by atoms with Crippen LogP contribution in [0.25, 0.3) is 0 Å². The molecule has 0 aromatic heterocycles. The molecule has 4 heteroatoms. The fourth-order valence-electron chi connectivity index (χ4n) is 3.89. The minimum atomic E-state index is 0.599. The van der Waals surface area contributed by atoms with Crippen molar-refractivity contribution in [1.29, 1.82) is 0 Å². The predicted molar refractivity (Wildman–Crippen MR) is 87.8 cm³/mol. The second-order valence-corrected chi connectivity index (χ2v) is 7.20. The average molecular weight is 313 g/mol. The van der Waals surface area contributed by atoms with Gasteiger partial charge in [-0.25, -0.2) is 0 Å². The molecule has 20 heavy (non-hydrogen) atoms. The van der Waals surface area contributed by atoms with Gasteiger partial charge in [0, 0.05) is 18.8 Å². The smallest absolute Gasteiger partial charge is 0.0746 e. The van der Waals surface area contributed by atoms with Crippen LogP contribution in [-0.4, -0.2) is 13.1 Å². The van der Waals surface area contributed by atoms with Crippen LogP contribution in [0.3, 0.4) is 0 Å². The summed E-state index contributed by atoms with van der Waals surface area (Å²) >= 11 is 12.7. The number of rotatable bonds is 1. The van der Waals surface area contributed by atoms with Gasteiger partial charge in [0.1, 0.15) is 0 Å². The number of hydrogen-bond donors (Lipinski definition) is 1. The minimum absolute atomic E-state index is 0.599. The summed E-state index contributed by atoms with van der Waals surface area (Å²) in [5.74, 6) is 0. The predicted octanol–water partition coefficient (Wildman–Crippen LogP) is 5.13. The molecule has 1 spiro atoms. The molecule has 110 valence electrons. The number of anilines is 2. The average Bonchev–Trinajstić information content (AvgIpc) is 2.41. The quantitative estimate of drug-likeness (QED) is 0.729. The molecule has 2 N–H and O–H groups in total. The van der Waals surface area contributed by atoms with Gasteiger partial charge in [-0.3, -0.25) is 0 Å². The van der Waals surface area contributed by atoms with Gasteiger partial charge in [-0.2, -0.15) is 0 Å². The van der Waals surface area contributed by atoms with E-state index in [-0.39, 0.29) is 0 Å². The fourth-order valence-corrected chi connectivity index (χ4v) is 4.64. The van der Waals surface area contributed by atoms with Crippen molar-refractivity contribution in [3.63, 3.8) is 0 Å². The number of halogens is 2. The summed E-state index contributed by atoms with van der Waals surface area (Å²) in [7, 11) is 0.